The summed E-state index contributed by atoms with van der Waals surface area (Å²) >= 11 is 0. The summed E-state index contributed by atoms with van der Waals surface area (Å²) in [6, 6.07) is 2.01. The van der Waals surface area contributed by atoms with Crippen molar-refractivity contribution in [3.05, 3.63) is 0 Å². The van der Waals surface area contributed by atoms with Crippen LogP contribution in [0.2, 0.25) is 0 Å². The fourth-order valence-electron chi connectivity index (χ4n) is 1.54. The molecule has 1 unspecified atom stereocenters. The number of nitriles is 1. The summed E-state index contributed by atoms with van der Waals surface area (Å²) in [4.78, 5) is 24.0. The van der Waals surface area contributed by atoms with E-state index in [4.69, 9.17) is 10.4 Å². The number of carboxylic acid groups (broad SMARTS) is 1. The van der Waals surface area contributed by atoms with Crippen LogP contribution in [0.25, 0.3) is 0 Å². The van der Waals surface area contributed by atoms with Crippen molar-refractivity contribution in [3.8, 4) is 6.07 Å². The number of amides is 1. The second-order valence-electron chi connectivity index (χ2n) is 4.10. The van der Waals surface area contributed by atoms with Gasteiger partial charge in [-0.25, -0.2) is 0 Å². The molecule has 82 valence electrons. The van der Waals surface area contributed by atoms with Crippen molar-refractivity contribution in [3.63, 3.8) is 0 Å². The minimum atomic E-state index is -1.19. The molecule has 0 aliphatic heterocycles. The van der Waals surface area contributed by atoms with E-state index in [9.17, 15) is 9.59 Å². The van der Waals surface area contributed by atoms with Crippen molar-refractivity contribution in [2.75, 3.05) is 13.6 Å². The molecule has 0 radical (unpaired) electrons. The molecule has 15 heavy (non-hydrogen) atoms. The number of carbonyl (C=O) groups excluding carboxylic acids is 1. The molecule has 1 aliphatic rings. The average molecular weight is 210 g/mol. The van der Waals surface area contributed by atoms with Gasteiger partial charge in [-0.1, -0.05) is 0 Å². The number of hydrogen-bond acceptors (Lipinski definition) is 3. The normalized spacial score (nSPS) is 18.7. The van der Waals surface area contributed by atoms with Gasteiger partial charge in [-0.05, 0) is 19.8 Å². The third-order valence-electron chi connectivity index (χ3n) is 2.68. The molecule has 5 heteroatoms. The lowest BCUT2D eigenvalue weighted by Gasteiger charge is -2.21. The maximum Gasteiger partial charge on any atom is 0.319 e. The van der Waals surface area contributed by atoms with Gasteiger partial charge in [0, 0.05) is 13.6 Å². The van der Waals surface area contributed by atoms with Gasteiger partial charge in [0.25, 0.3) is 0 Å². The second kappa shape index (κ2) is 3.89. The standard InChI is InChI=1S/C10H14N2O3/c1-7(5-11)6-12(2)8(13)10(3-4-10)9(14)15/h7H,3-4,6H2,1-2H3,(H,14,15). The van der Waals surface area contributed by atoms with Crippen LogP contribution in [-0.2, 0) is 9.59 Å². The first-order chi connectivity index (χ1) is 6.94. The van der Waals surface area contributed by atoms with Crippen molar-refractivity contribution in [2.45, 2.75) is 19.8 Å². The Balaban J connectivity index is 2.62. The van der Waals surface area contributed by atoms with Crippen LogP contribution in [0.5, 0.6) is 0 Å². The van der Waals surface area contributed by atoms with E-state index in [0.717, 1.165) is 0 Å². The van der Waals surface area contributed by atoms with Crippen molar-refractivity contribution < 1.29 is 14.7 Å². The molecule has 0 spiro atoms. The Hall–Kier alpha value is -1.57. The lowest BCUT2D eigenvalue weighted by molar-refractivity contribution is -0.152. The number of hydrogen-bond donors (Lipinski definition) is 1. The summed E-state index contributed by atoms with van der Waals surface area (Å²) in [6.45, 7) is 1.98. The number of carbonyl (C=O) groups is 2. The molecule has 0 aromatic heterocycles. The fourth-order valence-corrected chi connectivity index (χ4v) is 1.54. The van der Waals surface area contributed by atoms with E-state index in [1.54, 1.807) is 14.0 Å². The predicted octanol–water partition coefficient (Wildman–Crippen LogP) is 0.469. The Bertz CT molecular complexity index is 328. The zero-order valence-electron chi connectivity index (χ0n) is 8.86. The quantitative estimate of drug-likeness (QED) is 0.684. The van der Waals surface area contributed by atoms with Crippen molar-refractivity contribution in [1.29, 1.82) is 5.26 Å². The Kier molecular flexibility index (Phi) is 2.98. The van der Waals surface area contributed by atoms with Gasteiger partial charge in [-0.15, -0.1) is 0 Å². The highest BCUT2D eigenvalue weighted by Gasteiger charge is 2.58. The van der Waals surface area contributed by atoms with Crippen LogP contribution in [0, 0.1) is 22.7 Å². The summed E-state index contributed by atoms with van der Waals surface area (Å²) < 4.78 is 0. The Labute approximate surface area is 88.3 Å². The highest BCUT2D eigenvalue weighted by molar-refractivity contribution is 6.04. The van der Waals surface area contributed by atoms with Gasteiger partial charge in [-0.3, -0.25) is 9.59 Å². The molecule has 0 aromatic carbocycles. The number of aliphatic carboxylic acids is 1. The van der Waals surface area contributed by atoms with E-state index in [0.29, 0.717) is 12.8 Å². The summed E-state index contributed by atoms with van der Waals surface area (Å²) in [7, 11) is 1.54. The van der Waals surface area contributed by atoms with E-state index in [1.807, 2.05) is 6.07 Å². The van der Waals surface area contributed by atoms with E-state index < -0.39 is 11.4 Å². The van der Waals surface area contributed by atoms with Crippen LogP contribution < -0.4 is 0 Å². The van der Waals surface area contributed by atoms with Crippen LogP contribution in [0.3, 0.4) is 0 Å². The largest absolute Gasteiger partial charge is 0.480 e. The lowest BCUT2D eigenvalue weighted by atomic mass is 10.1. The first kappa shape index (κ1) is 11.5. The molecule has 1 N–H and O–H groups in total. The first-order valence-corrected chi connectivity index (χ1v) is 4.82. The minimum absolute atomic E-state index is 0.274. The topological polar surface area (TPSA) is 81.4 Å². The van der Waals surface area contributed by atoms with E-state index in [1.165, 1.54) is 4.90 Å². The maximum atomic E-state index is 11.8. The summed E-state index contributed by atoms with van der Waals surface area (Å²) in [5, 5.41) is 17.5. The van der Waals surface area contributed by atoms with Crippen LogP contribution in [0.1, 0.15) is 19.8 Å². The molecule has 5 nitrogen and oxygen atoms in total. The third kappa shape index (κ3) is 2.09. The molecule has 0 saturated heterocycles. The first-order valence-electron chi connectivity index (χ1n) is 4.82. The number of carboxylic acids is 1. The van der Waals surface area contributed by atoms with Crippen LogP contribution >= 0.6 is 0 Å². The van der Waals surface area contributed by atoms with Gasteiger partial charge in [0.1, 0.15) is 5.41 Å². The smallest absolute Gasteiger partial charge is 0.319 e. The summed E-state index contributed by atoms with van der Waals surface area (Å²) in [5.74, 6) is -1.70. The van der Waals surface area contributed by atoms with E-state index in [-0.39, 0.29) is 18.4 Å². The summed E-state index contributed by atoms with van der Waals surface area (Å²) in [6.07, 6.45) is 0.818. The van der Waals surface area contributed by atoms with E-state index >= 15 is 0 Å². The van der Waals surface area contributed by atoms with Gasteiger partial charge in [-0.2, -0.15) is 5.26 Å². The highest BCUT2D eigenvalue weighted by Crippen LogP contribution is 2.47. The molecule has 1 aliphatic carbocycles. The third-order valence-corrected chi connectivity index (χ3v) is 2.68. The van der Waals surface area contributed by atoms with Crippen molar-refractivity contribution >= 4 is 11.9 Å². The van der Waals surface area contributed by atoms with Gasteiger partial charge >= 0.3 is 5.97 Å². The zero-order valence-corrected chi connectivity index (χ0v) is 8.86. The molecule has 1 atom stereocenters. The van der Waals surface area contributed by atoms with Gasteiger partial charge in [0.05, 0.1) is 12.0 Å². The molecule has 0 aromatic rings. The Morgan fingerprint density at radius 1 is 1.60 bits per heavy atom. The Morgan fingerprint density at radius 2 is 2.13 bits per heavy atom. The monoisotopic (exact) mass is 210 g/mol. The molecule has 0 heterocycles. The molecule has 1 rings (SSSR count). The zero-order chi connectivity index (χ0) is 11.6. The fraction of sp³-hybridized carbons (Fsp3) is 0.700. The van der Waals surface area contributed by atoms with Crippen LogP contribution in [0.15, 0.2) is 0 Å². The molecular formula is C10H14N2O3. The highest BCUT2D eigenvalue weighted by atomic mass is 16.4. The maximum absolute atomic E-state index is 11.8. The van der Waals surface area contributed by atoms with Gasteiger partial charge < -0.3 is 10.0 Å². The molecule has 0 bridgehead atoms. The molecular weight excluding hydrogens is 196 g/mol. The number of nitrogens with zero attached hydrogens (tertiary/aromatic N) is 2. The van der Waals surface area contributed by atoms with E-state index in [2.05, 4.69) is 0 Å². The lowest BCUT2D eigenvalue weighted by Crippen LogP contribution is -2.40. The molecule has 1 saturated carbocycles. The average Bonchev–Trinajstić information content (AvgIpc) is 2.97. The summed E-state index contributed by atoms with van der Waals surface area (Å²) in [5.41, 5.74) is -1.19. The van der Waals surface area contributed by atoms with Gasteiger partial charge in [0.15, 0.2) is 0 Å². The SMILES string of the molecule is CC(C#N)CN(C)C(=O)C1(C(=O)O)CC1. The predicted molar refractivity (Wildman–Crippen MR) is 51.7 cm³/mol. The second-order valence-corrected chi connectivity index (χ2v) is 4.10. The number of rotatable bonds is 4. The molecule has 1 fully saturated rings. The molecule has 1 amide bonds. The van der Waals surface area contributed by atoms with Crippen molar-refractivity contribution in [2.24, 2.45) is 11.3 Å². The van der Waals surface area contributed by atoms with Crippen LogP contribution in [0.4, 0.5) is 0 Å². The van der Waals surface area contributed by atoms with Gasteiger partial charge in [0.2, 0.25) is 5.91 Å². The Morgan fingerprint density at radius 3 is 2.47 bits per heavy atom. The van der Waals surface area contributed by atoms with Crippen LogP contribution in [-0.4, -0.2) is 35.5 Å². The van der Waals surface area contributed by atoms with Crippen molar-refractivity contribution in [1.82, 2.24) is 4.90 Å². The minimum Gasteiger partial charge on any atom is -0.480 e.